The van der Waals surface area contributed by atoms with E-state index in [1.807, 2.05) is 31.2 Å². The fraction of sp³-hybridized carbons (Fsp3) is 0.160. The molecule has 1 aliphatic heterocycles. The maximum Gasteiger partial charge on any atom is 0.255 e. The lowest BCUT2D eigenvalue weighted by Gasteiger charge is -2.28. The summed E-state index contributed by atoms with van der Waals surface area (Å²) >= 11 is 0. The molecule has 0 aliphatic carbocycles. The second kappa shape index (κ2) is 9.26. The predicted octanol–water partition coefficient (Wildman–Crippen LogP) is 3.68. The number of amides is 1. The van der Waals surface area contributed by atoms with Crippen LogP contribution in [-0.2, 0) is 4.79 Å². The Morgan fingerprint density at radius 3 is 2.54 bits per heavy atom. The fourth-order valence-electron chi connectivity index (χ4n) is 4.03. The van der Waals surface area contributed by atoms with Crippen molar-refractivity contribution in [3.8, 4) is 22.9 Å². The number of nitrogens with one attached hydrogen (secondary N) is 2. The number of aromatic nitrogens is 5. The van der Waals surface area contributed by atoms with Crippen molar-refractivity contribution in [2.24, 2.45) is 0 Å². The molecule has 0 spiro atoms. The highest BCUT2D eigenvalue weighted by atomic mass is 16.5. The van der Waals surface area contributed by atoms with Crippen LogP contribution in [0.3, 0.4) is 0 Å². The third-order valence-electron chi connectivity index (χ3n) is 5.68. The Balaban J connectivity index is 1.58. The average molecular weight is 470 g/mol. The van der Waals surface area contributed by atoms with Crippen LogP contribution in [0.4, 0.5) is 11.6 Å². The number of ether oxygens (including phenoxy) is 2. The van der Waals surface area contributed by atoms with E-state index in [9.17, 15) is 4.79 Å². The Labute approximate surface area is 201 Å². The Hall–Kier alpha value is -4.73. The van der Waals surface area contributed by atoms with E-state index in [-0.39, 0.29) is 5.91 Å². The number of rotatable bonds is 6. The summed E-state index contributed by atoms with van der Waals surface area (Å²) in [6, 6.07) is 12.2. The molecule has 35 heavy (non-hydrogen) atoms. The Kier molecular flexibility index (Phi) is 5.84. The number of nitrogens with zero attached hydrogens (tertiary/aromatic N) is 5. The van der Waals surface area contributed by atoms with Gasteiger partial charge in [-0.15, -0.1) is 5.10 Å². The van der Waals surface area contributed by atoms with Crippen LogP contribution in [0.25, 0.3) is 11.4 Å². The van der Waals surface area contributed by atoms with Crippen LogP contribution in [0, 0.1) is 0 Å². The first kappa shape index (κ1) is 22.1. The Morgan fingerprint density at radius 1 is 1.03 bits per heavy atom. The van der Waals surface area contributed by atoms with Crippen molar-refractivity contribution in [2.45, 2.75) is 13.0 Å². The normalized spacial score (nSPS) is 14.7. The smallest absolute Gasteiger partial charge is 0.255 e. The Bertz CT molecular complexity index is 1400. The molecule has 1 aromatic carbocycles. The highest BCUT2D eigenvalue weighted by molar-refractivity contribution is 6.05. The van der Waals surface area contributed by atoms with Gasteiger partial charge >= 0.3 is 0 Å². The number of allylic oxidation sites excluding steroid dienone is 1. The molecule has 0 radical (unpaired) electrons. The Morgan fingerprint density at radius 2 is 1.83 bits per heavy atom. The van der Waals surface area contributed by atoms with Gasteiger partial charge in [-0.25, -0.2) is 4.68 Å². The van der Waals surface area contributed by atoms with Crippen LogP contribution in [0.1, 0.15) is 18.5 Å². The zero-order valence-electron chi connectivity index (χ0n) is 19.4. The van der Waals surface area contributed by atoms with Gasteiger partial charge in [0.15, 0.2) is 17.3 Å². The number of hydrogen-bond acceptors (Lipinski definition) is 8. The van der Waals surface area contributed by atoms with Crippen LogP contribution in [0.15, 0.2) is 78.5 Å². The second-order valence-corrected chi connectivity index (χ2v) is 7.82. The molecule has 4 heterocycles. The van der Waals surface area contributed by atoms with E-state index in [2.05, 4.69) is 20.6 Å². The van der Waals surface area contributed by atoms with Gasteiger partial charge in [-0.3, -0.25) is 14.8 Å². The van der Waals surface area contributed by atoms with E-state index in [4.69, 9.17) is 19.6 Å². The van der Waals surface area contributed by atoms with Crippen molar-refractivity contribution in [3.63, 3.8) is 0 Å². The molecule has 10 nitrogen and oxygen atoms in total. The zero-order valence-corrected chi connectivity index (χ0v) is 19.4. The zero-order chi connectivity index (χ0) is 24.4. The van der Waals surface area contributed by atoms with E-state index < -0.39 is 6.04 Å². The second-order valence-electron chi connectivity index (χ2n) is 7.82. The summed E-state index contributed by atoms with van der Waals surface area (Å²) in [7, 11) is 3.16. The highest BCUT2D eigenvalue weighted by Crippen LogP contribution is 2.38. The lowest BCUT2D eigenvalue weighted by atomic mass is 9.96. The largest absolute Gasteiger partial charge is 0.493 e. The van der Waals surface area contributed by atoms with Crippen LogP contribution >= 0.6 is 0 Å². The van der Waals surface area contributed by atoms with Crippen LogP contribution < -0.4 is 20.1 Å². The number of benzene rings is 1. The molecular formula is C25H23N7O3. The van der Waals surface area contributed by atoms with E-state index in [1.165, 1.54) is 0 Å². The van der Waals surface area contributed by atoms with Gasteiger partial charge in [0.1, 0.15) is 6.04 Å². The molecule has 0 fully saturated rings. The first-order chi connectivity index (χ1) is 17.1. The van der Waals surface area contributed by atoms with Crippen LogP contribution in [0.2, 0.25) is 0 Å². The molecule has 2 N–H and O–H groups in total. The number of fused-ring (bicyclic) bond motifs is 1. The molecular weight excluding hydrogens is 446 g/mol. The number of hydrogen-bond donors (Lipinski definition) is 2. The molecule has 0 saturated heterocycles. The molecule has 4 aromatic rings. The third-order valence-corrected chi connectivity index (χ3v) is 5.68. The van der Waals surface area contributed by atoms with Crippen molar-refractivity contribution in [1.29, 1.82) is 0 Å². The topological polar surface area (TPSA) is 116 Å². The molecule has 1 aliphatic rings. The van der Waals surface area contributed by atoms with Crippen molar-refractivity contribution in [3.05, 3.63) is 84.1 Å². The summed E-state index contributed by atoms with van der Waals surface area (Å²) in [5.74, 6) is 1.92. The summed E-state index contributed by atoms with van der Waals surface area (Å²) in [4.78, 5) is 26.4. The van der Waals surface area contributed by atoms with E-state index in [0.717, 1.165) is 11.1 Å². The van der Waals surface area contributed by atoms with Crippen LogP contribution in [0.5, 0.6) is 11.5 Å². The van der Waals surface area contributed by atoms with Gasteiger partial charge in [0.05, 0.1) is 31.7 Å². The maximum absolute atomic E-state index is 13.5. The predicted molar refractivity (Wildman–Crippen MR) is 130 cm³/mol. The van der Waals surface area contributed by atoms with E-state index in [0.29, 0.717) is 40.2 Å². The van der Waals surface area contributed by atoms with Crippen molar-refractivity contribution in [1.82, 2.24) is 24.7 Å². The maximum atomic E-state index is 13.5. The number of methoxy groups -OCH3 is 2. The molecule has 1 atom stereocenters. The van der Waals surface area contributed by atoms with Gasteiger partial charge in [-0.2, -0.15) is 4.98 Å². The third kappa shape index (κ3) is 4.17. The van der Waals surface area contributed by atoms with Gasteiger partial charge in [0, 0.05) is 29.9 Å². The quantitative estimate of drug-likeness (QED) is 0.439. The van der Waals surface area contributed by atoms with E-state index in [1.54, 1.807) is 61.9 Å². The fourth-order valence-corrected chi connectivity index (χ4v) is 4.03. The minimum atomic E-state index is -0.521. The number of carbonyl (C=O) groups is 1. The summed E-state index contributed by atoms with van der Waals surface area (Å²) in [5.41, 5.74) is 3.38. The summed E-state index contributed by atoms with van der Waals surface area (Å²) in [6.07, 6.45) is 6.63. The lowest BCUT2D eigenvalue weighted by Crippen LogP contribution is -2.31. The van der Waals surface area contributed by atoms with Crippen molar-refractivity contribution >= 4 is 17.5 Å². The first-order valence-electron chi connectivity index (χ1n) is 10.9. The van der Waals surface area contributed by atoms with Crippen molar-refractivity contribution in [2.75, 3.05) is 24.9 Å². The van der Waals surface area contributed by atoms with Gasteiger partial charge in [0.2, 0.25) is 5.95 Å². The van der Waals surface area contributed by atoms with E-state index >= 15 is 0 Å². The number of anilines is 2. The molecule has 0 bridgehead atoms. The van der Waals surface area contributed by atoms with Gasteiger partial charge in [-0.05, 0) is 55.0 Å². The monoisotopic (exact) mass is 469 g/mol. The minimum Gasteiger partial charge on any atom is -0.493 e. The van der Waals surface area contributed by atoms with Gasteiger partial charge < -0.3 is 20.1 Å². The molecule has 176 valence electrons. The summed E-state index contributed by atoms with van der Waals surface area (Å²) < 4.78 is 12.5. The SMILES string of the molecule is COc1ccc(-c2nc3n(n2)C(c2ccncc2)C(C(=O)Nc2cccnc2)=C(C)N3)cc1OC. The number of pyridine rings is 2. The molecule has 1 amide bonds. The number of carbonyl (C=O) groups excluding carboxylic acids is 1. The van der Waals surface area contributed by atoms with Gasteiger partial charge in [-0.1, -0.05) is 0 Å². The first-order valence-corrected chi connectivity index (χ1v) is 10.9. The average Bonchev–Trinajstić information content (AvgIpc) is 3.32. The van der Waals surface area contributed by atoms with Crippen LogP contribution in [-0.4, -0.2) is 44.9 Å². The molecule has 0 saturated carbocycles. The summed E-state index contributed by atoms with van der Waals surface area (Å²) in [5, 5.41) is 11.0. The minimum absolute atomic E-state index is 0.265. The van der Waals surface area contributed by atoms with Gasteiger partial charge in [0.25, 0.3) is 5.91 Å². The highest BCUT2D eigenvalue weighted by Gasteiger charge is 2.34. The molecule has 10 heteroatoms. The molecule has 3 aromatic heterocycles. The lowest BCUT2D eigenvalue weighted by molar-refractivity contribution is -0.113. The molecule has 1 unspecified atom stereocenters. The van der Waals surface area contributed by atoms with Crippen molar-refractivity contribution < 1.29 is 14.3 Å². The standard InChI is InChI=1S/C25H23N7O3/c1-15-21(24(33)29-18-5-4-10-27-14-18)22(16-8-11-26-12-9-16)32-25(28-15)30-23(31-32)17-6-7-19(34-2)20(13-17)35-3/h4-14,22H,1-3H3,(H,29,33)(H,28,30,31). The summed E-state index contributed by atoms with van der Waals surface area (Å²) in [6.45, 7) is 1.85. The molecule has 5 rings (SSSR count).